The molecule has 0 spiro atoms. The molecule has 2 aromatic heterocycles. The number of nitrogens with zero attached hydrogens (tertiary/aromatic N) is 5. The number of H-pyrrole nitrogens is 1. The molecule has 0 atom stereocenters. The zero-order chi connectivity index (χ0) is 31.8. The van der Waals surface area contributed by atoms with Gasteiger partial charge in [-0.3, -0.25) is 9.59 Å². The molecule has 240 valence electrons. The minimum Gasteiger partial charge on any atom is -0.444 e. The van der Waals surface area contributed by atoms with Gasteiger partial charge in [0.15, 0.2) is 11.4 Å². The highest BCUT2D eigenvalue weighted by Gasteiger charge is 2.37. The maximum Gasteiger partial charge on any atom is 0.410 e. The number of Topliss-reactive ketones (excluding diaryl/α,β-unsaturated/α-hetero) is 1. The minimum atomic E-state index is -0.525. The molecule has 45 heavy (non-hydrogen) atoms. The Bertz CT molecular complexity index is 1550. The summed E-state index contributed by atoms with van der Waals surface area (Å²) in [5.41, 5.74) is 3.80. The topological polar surface area (TPSA) is 112 Å². The molecular weight excluding hydrogens is 568 g/mol. The summed E-state index contributed by atoms with van der Waals surface area (Å²) in [5, 5.41) is 0. The number of ketones is 1. The van der Waals surface area contributed by atoms with Crippen molar-refractivity contribution in [3.05, 3.63) is 42.2 Å². The largest absolute Gasteiger partial charge is 0.444 e. The average molecular weight is 615 g/mol. The number of hydrogen-bond donors (Lipinski definition) is 1. The number of aromatic amines is 1. The third-order valence-corrected chi connectivity index (χ3v) is 9.73. The Kier molecular flexibility index (Phi) is 8.59. The zero-order valence-corrected chi connectivity index (χ0v) is 27.1. The first kappa shape index (κ1) is 31.0. The summed E-state index contributed by atoms with van der Waals surface area (Å²) < 4.78 is 5.50. The molecule has 4 heterocycles. The number of carbonyl (C=O) groups is 3. The van der Waals surface area contributed by atoms with E-state index >= 15 is 0 Å². The molecule has 3 aliphatic rings. The maximum absolute atomic E-state index is 13.6. The van der Waals surface area contributed by atoms with E-state index in [1.54, 1.807) is 17.3 Å². The van der Waals surface area contributed by atoms with Gasteiger partial charge < -0.3 is 24.4 Å². The van der Waals surface area contributed by atoms with Crippen molar-refractivity contribution in [1.29, 1.82) is 0 Å². The fraction of sp³-hybridized carbons (Fsp3) is 0.571. The lowest BCUT2D eigenvalue weighted by Crippen LogP contribution is -2.52. The van der Waals surface area contributed by atoms with Gasteiger partial charge in [-0.05, 0) is 58.6 Å². The summed E-state index contributed by atoms with van der Waals surface area (Å²) in [6, 6.07) is 8.27. The number of fused-ring (bicyclic) bond motifs is 1. The smallest absolute Gasteiger partial charge is 0.410 e. The van der Waals surface area contributed by atoms with Gasteiger partial charge in [0.25, 0.3) is 0 Å². The Balaban J connectivity index is 1.08. The first-order chi connectivity index (χ1) is 21.5. The molecule has 3 fully saturated rings. The number of hydrogen-bond acceptors (Lipinski definition) is 7. The quantitative estimate of drug-likeness (QED) is 0.347. The van der Waals surface area contributed by atoms with Gasteiger partial charge in [0, 0.05) is 68.0 Å². The van der Waals surface area contributed by atoms with Crippen LogP contribution in [0.25, 0.3) is 22.4 Å². The molecule has 2 aliphatic heterocycles. The summed E-state index contributed by atoms with van der Waals surface area (Å²) in [6.45, 7) is 11.6. The van der Waals surface area contributed by atoms with Crippen LogP contribution in [-0.2, 0) is 9.53 Å². The van der Waals surface area contributed by atoms with Crippen LogP contribution in [0.1, 0.15) is 83.0 Å². The lowest BCUT2D eigenvalue weighted by molar-refractivity contribution is -0.137. The standard InChI is InChI=1S/C35H46N6O4/c1-34(2,3)45-33(44)41-15-11-24(12-16-41)32(43)40-19-17-39(18-20-40)26-10-8-9-25(21-26)28-23-37-31-29(38-28)27(22-36-31)30(42)35(4)13-6-5-7-14-35/h8-10,21-24H,5-7,11-20H2,1-4H3,(H,36,37). The SMILES string of the molecule is CC(C)(C)OC(=O)N1CCC(C(=O)N2CCN(c3cccc(-c4cnc5[nH]cc(C(=O)C6(C)CCCCC6)c5n4)c3)CC2)CC1. The van der Waals surface area contributed by atoms with Gasteiger partial charge in [0.05, 0.1) is 17.5 Å². The van der Waals surface area contributed by atoms with Crippen molar-refractivity contribution in [2.24, 2.45) is 11.3 Å². The first-order valence-electron chi connectivity index (χ1n) is 16.5. The van der Waals surface area contributed by atoms with Crippen LogP contribution >= 0.6 is 0 Å². The number of ether oxygens (including phenoxy) is 1. The number of anilines is 1. The number of nitrogens with one attached hydrogen (secondary N) is 1. The Morgan fingerprint density at radius 2 is 1.67 bits per heavy atom. The van der Waals surface area contributed by atoms with Crippen molar-refractivity contribution in [3.8, 4) is 11.3 Å². The van der Waals surface area contributed by atoms with Gasteiger partial charge in [-0.25, -0.2) is 14.8 Å². The van der Waals surface area contributed by atoms with Crippen molar-refractivity contribution in [1.82, 2.24) is 24.8 Å². The Morgan fingerprint density at radius 3 is 2.36 bits per heavy atom. The van der Waals surface area contributed by atoms with E-state index in [2.05, 4.69) is 33.9 Å². The third kappa shape index (κ3) is 6.70. The monoisotopic (exact) mass is 614 g/mol. The normalized spacial score (nSPS) is 19.5. The Morgan fingerprint density at radius 1 is 0.956 bits per heavy atom. The second-order valence-electron chi connectivity index (χ2n) is 14.2. The minimum absolute atomic E-state index is 0.0574. The first-order valence-corrected chi connectivity index (χ1v) is 16.5. The van der Waals surface area contributed by atoms with Gasteiger partial charge in [-0.15, -0.1) is 0 Å². The van der Waals surface area contributed by atoms with Crippen LogP contribution in [-0.4, -0.2) is 87.4 Å². The molecule has 1 aromatic carbocycles. The highest BCUT2D eigenvalue weighted by molar-refractivity contribution is 6.08. The van der Waals surface area contributed by atoms with Crippen LogP contribution in [0.3, 0.4) is 0 Å². The van der Waals surface area contributed by atoms with Crippen LogP contribution in [0.4, 0.5) is 10.5 Å². The molecule has 10 heteroatoms. The Labute approximate surface area is 265 Å². The van der Waals surface area contributed by atoms with E-state index in [1.165, 1.54) is 6.42 Å². The van der Waals surface area contributed by atoms with Crippen LogP contribution < -0.4 is 4.90 Å². The number of piperazine rings is 1. The molecule has 6 rings (SSSR count). The average Bonchev–Trinajstić information content (AvgIpc) is 3.47. The van der Waals surface area contributed by atoms with E-state index in [1.807, 2.05) is 37.8 Å². The van der Waals surface area contributed by atoms with E-state index in [-0.39, 0.29) is 29.1 Å². The summed E-state index contributed by atoms with van der Waals surface area (Å²) in [7, 11) is 0. The second kappa shape index (κ2) is 12.4. The zero-order valence-electron chi connectivity index (χ0n) is 27.1. The van der Waals surface area contributed by atoms with Gasteiger partial charge in [-0.2, -0.15) is 0 Å². The van der Waals surface area contributed by atoms with E-state index in [0.717, 1.165) is 55.7 Å². The number of aromatic nitrogens is 3. The van der Waals surface area contributed by atoms with E-state index in [0.29, 0.717) is 55.7 Å². The number of benzene rings is 1. The number of amides is 2. The van der Waals surface area contributed by atoms with Crippen LogP contribution in [0.5, 0.6) is 0 Å². The highest BCUT2D eigenvalue weighted by Crippen LogP contribution is 2.40. The fourth-order valence-corrected chi connectivity index (χ4v) is 7.03. The van der Waals surface area contributed by atoms with Crippen molar-refractivity contribution in [2.45, 2.75) is 78.2 Å². The molecule has 1 N–H and O–H groups in total. The number of likely N-dealkylation sites (tertiary alicyclic amines) is 1. The van der Waals surface area contributed by atoms with Crippen LogP contribution in [0.2, 0.25) is 0 Å². The van der Waals surface area contributed by atoms with E-state index in [4.69, 9.17) is 9.72 Å². The number of piperidine rings is 1. The molecule has 0 unspecified atom stereocenters. The molecule has 3 aromatic rings. The molecular formula is C35H46N6O4. The molecule has 2 amide bonds. The predicted molar refractivity (Wildman–Crippen MR) is 174 cm³/mol. The summed E-state index contributed by atoms with van der Waals surface area (Å²) >= 11 is 0. The molecule has 1 saturated carbocycles. The van der Waals surface area contributed by atoms with Gasteiger partial charge in [0.1, 0.15) is 11.1 Å². The maximum atomic E-state index is 13.6. The molecule has 0 bridgehead atoms. The summed E-state index contributed by atoms with van der Waals surface area (Å²) in [6.07, 6.45) is 9.78. The molecule has 2 saturated heterocycles. The van der Waals surface area contributed by atoms with Crippen molar-refractivity contribution < 1.29 is 19.1 Å². The highest BCUT2D eigenvalue weighted by atomic mass is 16.6. The van der Waals surface area contributed by atoms with E-state index in [9.17, 15) is 14.4 Å². The summed E-state index contributed by atoms with van der Waals surface area (Å²) in [4.78, 5) is 58.1. The summed E-state index contributed by atoms with van der Waals surface area (Å²) in [5.74, 6) is 0.294. The lowest BCUT2D eigenvalue weighted by Gasteiger charge is -2.39. The van der Waals surface area contributed by atoms with Crippen LogP contribution in [0.15, 0.2) is 36.7 Å². The fourth-order valence-electron chi connectivity index (χ4n) is 7.03. The lowest BCUT2D eigenvalue weighted by atomic mass is 9.71. The predicted octanol–water partition coefficient (Wildman–Crippen LogP) is 6.07. The van der Waals surface area contributed by atoms with Crippen LogP contribution in [0, 0.1) is 11.3 Å². The number of carbonyl (C=O) groups excluding carboxylic acids is 3. The van der Waals surface area contributed by atoms with Gasteiger partial charge >= 0.3 is 6.09 Å². The number of rotatable bonds is 5. The van der Waals surface area contributed by atoms with Gasteiger partial charge in [-0.1, -0.05) is 38.3 Å². The molecule has 10 nitrogen and oxygen atoms in total. The van der Waals surface area contributed by atoms with Crippen molar-refractivity contribution >= 4 is 34.6 Å². The molecule has 1 aliphatic carbocycles. The van der Waals surface area contributed by atoms with Crippen molar-refractivity contribution in [2.75, 3.05) is 44.2 Å². The Hall–Kier alpha value is -3.95. The second-order valence-corrected chi connectivity index (χ2v) is 14.2. The van der Waals surface area contributed by atoms with Crippen molar-refractivity contribution in [3.63, 3.8) is 0 Å². The van der Waals surface area contributed by atoms with E-state index < -0.39 is 5.60 Å². The third-order valence-electron chi connectivity index (χ3n) is 9.73. The van der Waals surface area contributed by atoms with Gasteiger partial charge in [0.2, 0.25) is 5.91 Å². The molecule has 0 radical (unpaired) electrons.